The van der Waals surface area contributed by atoms with Crippen molar-refractivity contribution in [2.45, 2.75) is 26.4 Å². The van der Waals surface area contributed by atoms with E-state index in [-0.39, 0.29) is 11.9 Å². The third-order valence-electron chi connectivity index (χ3n) is 4.43. The van der Waals surface area contributed by atoms with E-state index in [9.17, 15) is 4.79 Å². The van der Waals surface area contributed by atoms with E-state index in [1.165, 1.54) is 6.33 Å². The average Bonchev–Trinajstić information content (AvgIpc) is 3.28. The number of hydrogen-bond donors (Lipinski definition) is 2. The smallest absolute Gasteiger partial charge is 0.272 e. The van der Waals surface area contributed by atoms with Gasteiger partial charge in [0.1, 0.15) is 17.8 Å². The maximum absolute atomic E-state index is 12.5. The summed E-state index contributed by atoms with van der Waals surface area (Å²) in [5, 5.41) is 9.99. The van der Waals surface area contributed by atoms with Gasteiger partial charge in [0.25, 0.3) is 5.91 Å². The summed E-state index contributed by atoms with van der Waals surface area (Å²) in [6, 6.07) is 11.3. The van der Waals surface area contributed by atoms with Crippen LogP contribution in [0.4, 0.5) is 0 Å². The maximum atomic E-state index is 12.5. The molecular formula is C19H19N7O. The van der Waals surface area contributed by atoms with Gasteiger partial charge in [0.15, 0.2) is 0 Å². The molecule has 136 valence electrons. The van der Waals surface area contributed by atoms with E-state index in [0.29, 0.717) is 12.2 Å². The number of benzene rings is 1. The first-order valence-electron chi connectivity index (χ1n) is 8.65. The Morgan fingerprint density at radius 3 is 2.96 bits per heavy atom. The lowest BCUT2D eigenvalue weighted by Gasteiger charge is -2.11. The molecule has 8 heteroatoms. The molecular weight excluding hydrogens is 342 g/mol. The number of aryl methyl sites for hydroxylation is 1. The van der Waals surface area contributed by atoms with Crippen LogP contribution in [0.1, 0.15) is 40.7 Å². The van der Waals surface area contributed by atoms with E-state index in [1.54, 1.807) is 18.3 Å². The Morgan fingerprint density at radius 2 is 2.15 bits per heavy atom. The molecule has 2 N–H and O–H groups in total. The number of para-hydroxylation sites is 2. The molecule has 0 saturated carbocycles. The number of imidazole rings is 1. The zero-order valence-electron chi connectivity index (χ0n) is 15.0. The molecule has 0 fully saturated rings. The molecule has 0 aliphatic heterocycles. The SMILES string of the molecule is Cc1nc2ccccc2n1Cc1cc(C(=O)N[C@@H](C)c2ccncn2)n[nH]1. The molecule has 27 heavy (non-hydrogen) atoms. The van der Waals surface area contributed by atoms with Crippen molar-refractivity contribution in [2.24, 2.45) is 0 Å². The van der Waals surface area contributed by atoms with Crippen molar-refractivity contribution in [1.29, 1.82) is 0 Å². The molecule has 8 nitrogen and oxygen atoms in total. The number of nitrogens with one attached hydrogen (secondary N) is 2. The highest BCUT2D eigenvalue weighted by molar-refractivity contribution is 5.92. The third-order valence-corrected chi connectivity index (χ3v) is 4.43. The fraction of sp³-hybridized carbons (Fsp3) is 0.211. The van der Waals surface area contributed by atoms with E-state index in [1.807, 2.05) is 38.1 Å². The van der Waals surface area contributed by atoms with E-state index >= 15 is 0 Å². The summed E-state index contributed by atoms with van der Waals surface area (Å²) in [6.45, 7) is 4.40. The quantitative estimate of drug-likeness (QED) is 0.568. The highest BCUT2D eigenvalue weighted by Crippen LogP contribution is 2.17. The first-order valence-corrected chi connectivity index (χ1v) is 8.65. The van der Waals surface area contributed by atoms with Crippen LogP contribution in [-0.4, -0.2) is 35.6 Å². The number of nitrogens with zero attached hydrogens (tertiary/aromatic N) is 5. The molecule has 0 unspecified atom stereocenters. The summed E-state index contributed by atoms with van der Waals surface area (Å²) in [4.78, 5) is 25.1. The van der Waals surface area contributed by atoms with Gasteiger partial charge in [-0.1, -0.05) is 12.1 Å². The second-order valence-electron chi connectivity index (χ2n) is 6.34. The minimum absolute atomic E-state index is 0.236. The van der Waals surface area contributed by atoms with Crippen molar-refractivity contribution in [2.75, 3.05) is 0 Å². The largest absolute Gasteiger partial charge is 0.343 e. The molecule has 0 spiro atoms. The molecule has 0 aliphatic carbocycles. The second-order valence-corrected chi connectivity index (χ2v) is 6.34. The van der Waals surface area contributed by atoms with Crippen LogP contribution in [0.5, 0.6) is 0 Å². The molecule has 3 aromatic heterocycles. The van der Waals surface area contributed by atoms with Crippen LogP contribution in [0.3, 0.4) is 0 Å². The lowest BCUT2D eigenvalue weighted by Crippen LogP contribution is -2.27. The van der Waals surface area contributed by atoms with Crippen molar-refractivity contribution in [1.82, 2.24) is 35.0 Å². The van der Waals surface area contributed by atoms with Crippen LogP contribution >= 0.6 is 0 Å². The van der Waals surface area contributed by atoms with Crippen LogP contribution in [-0.2, 0) is 6.54 Å². The van der Waals surface area contributed by atoms with Gasteiger partial charge in [-0.3, -0.25) is 9.89 Å². The highest BCUT2D eigenvalue weighted by atomic mass is 16.2. The fourth-order valence-electron chi connectivity index (χ4n) is 3.03. The summed E-state index contributed by atoms with van der Waals surface area (Å²) < 4.78 is 2.09. The van der Waals surface area contributed by atoms with Gasteiger partial charge in [0, 0.05) is 6.20 Å². The van der Waals surface area contributed by atoms with E-state index in [4.69, 9.17) is 0 Å². The van der Waals surface area contributed by atoms with Crippen LogP contribution in [0, 0.1) is 6.92 Å². The number of carbonyl (C=O) groups excluding carboxylic acids is 1. The zero-order valence-corrected chi connectivity index (χ0v) is 15.0. The summed E-state index contributed by atoms with van der Waals surface area (Å²) in [5.41, 5.74) is 3.92. The fourth-order valence-corrected chi connectivity index (χ4v) is 3.03. The molecule has 4 aromatic rings. The van der Waals surface area contributed by atoms with E-state index in [0.717, 1.165) is 28.2 Å². The van der Waals surface area contributed by atoms with Gasteiger partial charge in [-0.25, -0.2) is 15.0 Å². The number of H-pyrrole nitrogens is 1. The van der Waals surface area contributed by atoms with Gasteiger partial charge in [-0.15, -0.1) is 0 Å². The molecule has 4 rings (SSSR count). The lowest BCUT2D eigenvalue weighted by molar-refractivity contribution is 0.0934. The lowest BCUT2D eigenvalue weighted by atomic mass is 10.2. The maximum Gasteiger partial charge on any atom is 0.272 e. The zero-order chi connectivity index (χ0) is 18.8. The van der Waals surface area contributed by atoms with Crippen molar-refractivity contribution in [3.8, 4) is 0 Å². The first-order chi connectivity index (χ1) is 13.1. The summed E-state index contributed by atoms with van der Waals surface area (Å²) in [6.07, 6.45) is 3.11. The molecule has 1 atom stereocenters. The number of hydrogen-bond acceptors (Lipinski definition) is 5. The normalized spacial score (nSPS) is 12.2. The molecule has 1 aromatic carbocycles. The van der Waals surface area contributed by atoms with Crippen molar-refractivity contribution < 1.29 is 4.79 Å². The van der Waals surface area contributed by atoms with Gasteiger partial charge in [0.2, 0.25) is 0 Å². The Morgan fingerprint density at radius 1 is 1.30 bits per heavy atom. The third kappa shape index (κ3) is 3.41. The molecule has 0 bridgehead atoms. The Kier molecular flexibility index (Phi) is 4.37. The van der Waals surface area contributed by atoms with Gasteiger partial charge >= 0.3 is 0 Å². The van der Waals surface area contributed by atoms with Crippen LogP contribution in [0.2, 0.25) is 0 Å². The van der Waals surface area contributed by atoms with Crippen molar-refractivity contribution >= 4 is 16.9 Å². The van der Waals surface area contributed by atoms with Crippen molar-refractivity contribution in [3.63, 3.8) is 0 Å². The standard InChI is InChI=1S/C19H19N7O/c1-12(15-7-8-20-11-21-15)22-19(27)17-9-14(24-25-17)10-26-13(2)23-16-5-3-4-6-18(16)26/h3-9,11-12H,10H2,1-2H3,(H,22,27)(H,24,25)/t12-/m0/s1. The Hall–Kier alpha value is -3.55. The molecule has 1 amide bonds. The average molecular weight is 361 g/mol. The number of carbonyl (C=O) groups is 1. The number of aromatic nitrogens is 6. The minimum Gasteiger partial charge on any atom is -0.343 e. The topological polar surface area (TPSA) is 101 Å². The predicted molar refractivity (Wildman–Crippen MR) is 100 cm³/mol. The minimum atomic E-state index is -0.254. The number of fused-ring (bicyclic) bond motifs is 1. The summed E-state index contributed by atoms with van der Waals surface area (Å²) >= 11 is 0. The summed E-state index contributed by atoms with van der Waals surface area (Å²) in [7, 11) is 0. The summed E-state index contributed by atoms with van der Waals surface area (Å²) in [5.74, 6) is 0.657. The van der Waals surface area contributed by atoms with Crippen LogP contribution < -0.4 is 5.32 Å². The van der Waals surface area contributed by atoms with Gasteiger partial charge < -0.3 is 9.88 Å². The monoisotopic (exact) mass is 361 g/mol. The highest BCUT2D eigenvalue weighted by Gasteiger charge is 2.16. The van der Waals surface area contributed by atoms with E-state index in [2.05, 4.69) is 35.0 Å². The van der Waals surface area contributed by atoms with Gasteiger partial charge in [-0.05, 0) is 38.1 Å². The van der Waals surface area contributed by atoms with Crippen LogP contribution in [0.15, 0.2) is 48.9 Å². The molecule has 0 radical (unpaired) electrons. The van der Waals surface area contributed by atoms with Crippen LogP contribution in [0.25, 0.3) is 11.0 Å². The van der Waals surface area contributed by atoms with Gasteiger partial charge in [-0.2, -0.15) is 5.10 Å². The number of rotatable bonds is 5. The number of amides is 1. The Labute approximate surface area is 155 Å². The first kappa shape index (κ1) is 16.9. The second kappa shape index (κ2) is 6.99. The number of aromatic amines is 1. The van der Waals surface area contributed by atoms with E-state index < -0.39 is 0 Å². The Bertz CT molecular complexity index is 1080. The molecule has 0 aliphatic rings. The Balaban J connectivity index is 1.50. The predicted octanol–water partition coefficient (Wildman–Crippen LogP) is 2.40. The molecule has 3 heterocycles. The molecule has 0 saturated heterocycles. The van der Waals surface area contributed by atoms with Crippen molar-refractivity contribution in [3.05, 3.63) is 71.8 Å². The van der Waals surface area contributed by atoms with Gasteiger partial charge in [0.05, 0.1) is 35.0 Å².